The van der Waals surface area contributed by atoms with Gasteiger partial charge in [-0.3, -0.25) is 14.4 Å². The van der Waals surface area contributed by atoms with Gasteiger partial charge in [0, 0.05) is 16.8 Å². The normalized spacial score (nSPS) is 10.7. The summed E-state index contributed by atoms with van der Waals surface area (Å²) < 4.78 is 5.46. The van der Waals surface area contributed by atoms with Crippen molar-refractivity contribution in [2.45, 2.75) is 12.8 Å². The van der Waals surface area contributed by atoms with Crippen LogP contribution in [-0.4, -0.2) is 62.1 Å². The van der Waals surface area contributed by atoms with Crippen LogP contribution in [0.1, 0.15) is 32.7 Å². The van der Waals surface area contributed by atoms with Crippen LogP contribution >= 0.6 is 0 Å². The monoisotopic (exact) mass is 489 g/mol. The van der Waals surface area contributed by atoms with Crippen molar-refractivity contribution in [3.05, 3.63) is 83.4 Å². The van der Waals surface area contributed by atoms with Crippen LogP contribution in [0.2, 0.25) is 0 Å². The van der Waals surface area contributed by atoms with E-state index in [9.17, 15) is 14.4 Å². The van der Waals surface area contributed by atoms with Crippen molar-refractivity contribution in [2.75, 3.05) is 39.6 Å². The van der Waals surface area contributed by atoms with E-state index in [4.69, 9.17) is 9.84 Å². The van der Waals surface area contributed by atoms with Gasteiger partial charge in [0.15, 0.2) is 0 Å². The van der Waals surface area contributed by atoms with Crippen molar-refractivity contribution in [1.29, 1.82) is 0 Å². The number of benzene rings is 3. The van der Waals surface area contributed by atoms with Gasteiger partial charge in [-0.05, 0) is 92.6 Å². The largest absolute Gasteiger partial charge is 0.496 e. The second-order valence-corrected chi connectivity index (χ2v) is 8.62. The van der Waals surface area contributed by atoms with Gasteiger partial charge in [-0.15, -0.1) is 0 Å². The van der Waals surface area contributed by atoms with Crippen LogP contribution in [0, 0.1) is 0 Å². The van der Waals surface area contributed by atoms with E-state index in [0.717, 1.165) is 41.8 Å². The Morgan fingerprint density at radius 1 is 0.861 bits per heavy atom. The second kappa shape index (κ2) is 12.5. The summed E-state index contributed by atoms with van der Waals surface area (Å²) in [4.78, 5) is 37.6. The average molecular weight is 490 g/mol. The number of hydrogen-bond acceptors (Lipinski definition) is 5. The van der Waals surface area contributed by atoms with Gasteiger partial charge in [0.1, 0.15) is 12.3 Å². The quantitative estimate of drug-likeness (QED) is 0.377. The van der Waals surface area contributed by atoms with Gasteiger partial charge in [0.2, 0.25) is 0 Å². The number of ether oxygens (including phenoxy) is 1. The van der Waals surface area contributed by atoms with Crippen LogP contribution in [0.25, 0.3) is 11.1 Å². The van der Waals surface area contributed by atoms with Gasteiger partial charge >= 0.3 is 5.97 Å². The van der Waals surface area contributed by atoms with E-state index in [2.05, 4.69) is 15.5 Å². The number of aliphatic carboxylic acids is 1. The molecule has 3 aromatic rings. The van der Waals surface area contributed by atoms with E-state index in [-0.39, 0.29) is 5.91 Å². The molecule has 0 bridgehead atoms. The molecule has 8 heteroatoms. The van der Waals surface area contributed by atoms with E-state index in [1.54, 1.807) is 37.4 Å². The number of anilines is 1. The summed E-state index contributed by atoms with van der Waals surface area (Å²) in [5.41, 5.74) is 4.42. The van der Waals surface area contributed by atoms with E-state index < -0.39 is 18.4 Å². The fourth-order valence-corrected chi connectivity index (χ4v) is 3.72. The highest BCUT2D eigenvalue weighted by atomic mass is 16.5. The Bertz CT molecular complexity index is 1200. The van der Waals surface area contributed by atoms with Crippen LogP contribution in [-0.2, 0) is 11.2 Å². The molecule has 0 fully saturated rings. The molecule has 8 nitrogen and oxygen atoms in total. The molecule has 0 saturated carbocycles. The van der Waals surface area contributed by atoms with E-state index in [1.807, 2.05) is 50.5 Å². The lowest BCUT2D eigenvalue weighted by atomic mass is 10.0. The molecular formula is C28H31N3O5. The highest BCUT2D eigenvalue weighted by Crippen LogP contribution is 2.24. The molecule has 0 unspecified atom stereocenters. The zero-order chi connectivity index (χ0) is 26.1. The smallest absolute Gasteiger partial charge is 0.322 e. The summed E-state index contributed by atoms with van der Waals surface area (Å²) >= 11 is 0. The molecule has 0 heterocycles. The Labute approximate surface area is 210 Å². The van der Waals surface area contributed by atoms with Crippen molar-refractivity contribution in [2.24, 2.45) is 0 Å². The summed E-state index contributed by atoms with van der Waals surface area (Å²) in [5.74, 6) is -0.961. The number of amides is 2. The first-order valence-corrected chi connectivity index (χ1v) is 11.6. The zero-order valence-corrected chi connectivity index (χ0v) is 20.7. The molecule has 0 aliphatic heterocycles. The van der Waals surface area contributed by atoms with E-state index >= 15 is 0 Å². The lowest BCUT2D eigenvalue weighted by Gasteiger charge is -2.13. The maximum atomic E-state index is 12.9. The topological polar surface area (TPSA) is 108 Å². The maximum Gasteiger partial charge on any atom is 0.322 e. The second-order valence-electron chi connectivity index (χ2n) is 8.62. The van der Waals surface area contributed by atoms with Gasteiger partial charge in [-0.2, -0.15) is 0 Å². The third kappa shape index (κ3) is 7.41. The van der Waals surface area contributed by atoms with Crippen molar-refractivity contribution >= 4 is 23.5 Å². The Balaban J connectivity index is 1.64. The molecule has 0 atom stereocenters. The van der Waals surface area contributed by atoms with Crippen LogP contribution in [0.15, 0.2) is 66.7 Å². The number of carbonyl (C=O) groups excluding carboxylic acids is 2. The number of hydrogen-bond donors (Lipinski definition) is 3. The van der Waals surface area contributed by atoms with Gasteiger partial charge in [-0.1, -0.05) is 24.3 Å². The van der Waals surface area contributed by atoms with Crippen LogP contribution < -0.4 is 15.4 Å². The Morgan fingerprint density at radius 2 is 1.47 bits per heavy atom. The lowest BCUT2D eigenvalue weighted by Crippen LogP contribution is -2.29. The molecule has 0 aliphatic rings. The van der Waals surface area contributed by atoms with E-state index in [1.165, 1.54) is 0 Å². The number of nitrogens with zero attached hydrogens (tertiary/aromatic N) is 1. The fourth-order valence-electron chi connectivity index (χ4n) is 3.72. The minimum atomic E-state index is -1.10. The minimum absolute atomic E-state index is 0.198. The summed E-state index contributed by atoms with van der Waals surface area (Å²) in [6.45, 7) is 0.522. The first-order valence-electron chi connectivity index (χ1n) is 11.6. The fraction of sp³-hybridized carbons (Fsp3) is 0.250. The summed E-state index contributed by atoms with van der Waals surface area (Å²) in [6.07, 6.45) is 1.78. The predicted octanol–water partition coefficient (Wildman–Crippen LogP) is 3.92. The molecule has 3 N–H and O–H groups in total. The number of nitrogens with one attached hydrogen (secondary N) is 2. The third-order valence-electron chi connectivity index (χ3n) is 5.62. The Kier molecular flexibility index (Phi) is 9.19. The molecule has 0 aliphatic carbocycles. The van der Waals surface area contributed by atoms with Crippen molar-refractivity contribution in [1.82, 2.24) is 10.2 Å². The molecular weight excluding hydrogens is 458 g/mol. The summed E-state index contributed by atoms with van der Waals surface area (Å²) in [7, 11) is 5.70. The van der Waals surface area contributed by atoms with Crippen molar-refractivity contribution in [3.8, 4) is 16.9 Å². The van der Waals surface area contributed by atoms with Gasteiger partial charge in [-0.25, -0.2) is 0 Å². The molecule has 3 aromatic carbocycles. The zero-order valence-electron chi connectivity index (χ0n) is 20.7. The van der Waals surface area contributed by atoms with Crippen LogP contribution in [0.4, 0.5) is 5.69 Å². The van der Waals surface area contributed by atoms with Gasteiger partial charge < -0.3 is 25.4 Å². The predicted molar refractivity (Wildman–Crippen MR) is 140 cm³/mol. The lowest BCUT2D eigenvalue weighted by molar-refractivity contribution is -0.135. The van der Waals surface area contributed by atoms with Gasteiger partial charge in [0.25, 0.3) is 11.8 Å². The molecule has 0 spiro atoms. The van der Waals surface area contributed by atoms with E-state index in [0.29, 0.717) is 16.8 Å². The van der Waals surface area contributed by atoms with Crippen molar-refractivity contribution in [3.63, 3.8) is 0 Å². The Hall–Kier alpha value is -4.17. The molecule has 0 radical (unpaired) electrons. The third-order valence-corrected chi connectivity index (χ3v) is 5.62. The molecule has 0 aromatic heterocycles. The minimum Gasteiger partial charge on any atom is -0.496 e. The number of carboxylic acids is 1. The van der Waals surface area contributed by atoms with Gasteiger partial charge in [0.05, 0.1) is 7.11 Å². The highest BCUT2D eigenvalue weighted by Gasteiger charge is 2.12. The number of carboxylic acid groups (broad SMARTS) is 1. The molecule has 0 saturated heterocycles. The number of carbonyl (C=O) groups is 3. The summed E-state index contributed by atoms with van der Waals surface area (Å²) in [6, 6.07) is 19.7. The molecule has 2 amide bonds. The standard InChI is InChI=1S/C28H31N3O5/c1-31(2)16-4-5-22-17-23(12-15-25(22)36-3)28(35)30-24-13-10-20(11-14-24)19-6-8-21(9-7-19)27(34)29-18-26(32)33/h6-15,17H,4-5,16,18H2,1-3H3,(H,29,34)(H,30,35)(H,32,33). The first-order chi connectivity index (χ1) is 17.3. The number of aryl methyl sites for hydroxylation is 1. The number of rotatable bonds is 11. The maximum absolute atomic E-state index is 12.9. The summed E-state index contributed by atoms with van der Waals surface area (Å²) in [5, 5.41) is 13.9. The average Bonchev–Trinajstić information content (AvgIpc) is 2.87. The SMILES string of the molecule is COc1ccc(C(=O)Nc2ccc(-c3ccc(C(=O)NCC(=O)O)cc3)cc2)cc1CCCN(C)C. The van der Waals surface area contributed by atoms with Crippen LogP contribution in [0.5, 0.6) is 5.75 Å². The molecule has 36 heavy (non-hydrogen) atoms. The van der Waals surface area contributed by atoms with Crippen molar-refractivity contribution < 1.29 is 24.2 Å². The highest BCUT2D eigenvalue weighted by molar-refractivity contribution is 6.04. The van der Waals surface area contributed by atoms with Crippen LogP contribution in [0.3, 0.4) is 0 Å². The molecule has 3 rings (SSSR count). The Morgan fingerprint density at radius 3 is 2.06 bits per heavy atom. The number of methoxy groups -OCH3 is 1. The molecule has 188 valence electrons. The first kappa shape index (κ1) is 26.4.